The second kappa shape index (κ2) is 6.08. The standard InChI is InChI=1S/C13H19N3O4S/c1-10-5-6-15(9-11(10)8-14)21(19,20)13-4-2-3-12(7-13)16(17)18/h2-4,7,10-11H,5-6,8-9,14H2,1H3. The molecule has 7 nitrogen and oxygen atoms in total. The van der Waals surface area contributed by atoms with Crippen LogP contribution in [0.1, 0.15) is 13.3 Å². The van der Waals surface area contributed by atoms with Crippen molar-refractivity contribution in [2.45, 2.75) is 18.2 Å². The summed E-state index contributed by atoms with van der Waals surface area (Å²) in [5.74, 6) is 0.499. The van der Waals surface area contributed by atoms with Crippen LogP contribution >= 0.6 is 0 Å². The maximum Gasteiger partial charge on any atom is 0.270 e. The Morgan fingerprint density at radius 2 is 2.19 bits per heavy atom. The third-order valence-corrected chi connectivity index (χ3v) is 5.91. The molecule has 1 aromatic rings. The van der Waals surface area contributed by atoms with Gasteiger partial charge in [0.05, 0.1) is 9.82 Å². The summed E-state index contributed by atoms with van der Waals surface area (Å²) in [4.78, 5) is 10.1. The summed E-state index contributed by atoms with van der Waals surface area (Å²) >= 11 is 0. The van der Waals surface area contributed by atoms with Gasteiger partial charge in [0.2, 0.25) is 10.0 Å². The van der Waals surface area contributed by atoms with E-state index in [-0.39, 0.29) is 16.5 Å². The van der Waals surface area contributed by atoms with Crippen molar-refractivity contribution in [3.8, 4) is 0 Å². The highest BCUT2D eigenvalue weighted by Crippen LogP contribution is 2.28. The highest BCUT2D eigenvalue weighted by molar-refractivity contribution is 7.89. The molecule has 1 fully saturated rings. The van der Waals surface area contributed by atoms with Crippen LogP contribution in [0, 0.1) is 22.0 Å². The van der Waals surface area contributed by atoms with Crippen LogP contribution < -0.4 is 5.73 Å². The quantitative estimate of drug-likeness (QED) is 0.664. The molecule has 1 aliphatic rings. The molecule has 0 aliphatic carbocycles. The van der Waals surface area contributed by atoms with Crippen LogP contribution in [0.25, 0.3) is 0 Å². The number of piperidine rings is 1. The molecule has 0 saturated carbocycles. The van der Waals surface area contributed by atoms with E-state index in [2.05, 4.69) is 6.92 Å². The molecule has 1 heterocycles. The molecule has 2 N–H and O–H groups in total. The number of non-ortho nitro benzene ring substituents is 1. The molecule has 1 saturated heterocycles. The molecule has 116 valence electrons. The summed E-state index contributed by atoms with van der Waals surface area (Å²) in [5.41, 5.74) is 5.47. The van der Waals surface area contributed by atoms with Crippen molar-refractivity contribution >= 4 is 15.7 Å². The number of rotatable bonds is 4. The predicted octanol–water partition coefficient (Wildman–Crippen LogP) is 1.20. The van der Waals surface area contributed by atoms with Gasteiger partial charge in [-0.25, -0.2) is 8.42 Å². The molecule has 0 bridgehead atoms. The van der Waals surface area contributed by atoms with Crippen molar-refractivity contribution in [3.05, 3.63) is 34.4 Å². The molecular formula is C13H19N3O4S. The maximum atomic E-state index is 12.6. The number of hydrogen-bond acceptors (Lipinski definition) is 5. The molecule has 0 aromatic heterocycles. The van der Waals surface area contributed by atoms with Crippen LogP contribution in [-0.2, 0) is 10.0 Å². The fourth-order valence-electron chi connectivity index (χ4n) is 2.55. The Labute approximate surface area is 123 Å². The molecule has 2 rings (SSSR count). The summed E-state index contributed by atoms with van der Waals surface area (Å²) in [6, 6.07) is 5.15. The predicted molar refractivity (Wildman–Crippen MR) is 78.2 cm³/mol. The van der Waals surface area contributed by atoms with E-state index in [0.29, 0.717) is 25.6 Å². The van der Waals surface area contributed by atoms with E-state index in [9.17, 15) is 18.5 Å². The number of nitrogens with two attached hydrogens (primary N) is 1. The van der Waals surface area contributed by atoms with Crippen LogP contribution in [0.2, 0.25) is 0 Å². The summed E-state index contributed by atoms with van der Waals surface area (Å²) in [7, 11) is -3.71. The van der Waals surface area contributed by atoms with Crippen molar-refractivity contribution in [2.75, 3.05) is 19.6 Å². The van der Waals surface area contributed by atoms with Gasteiger partial charge in [0.1, 0.15) is 0 Å². The lowest BCUT2D eigenvalue weighted by molar-refractivity contribution is -0.385. The molecule has 1 aromatic carbocycles. The molecule has 0 radical (unpaired) electrons. The number of benzene rings is 1. The monoisotopic (exact) mass is 313 g/mol. The summed E-state index contributed by atoms with van der Waals surface area (Å²) in [6.07, 6.45) is 0.746. The average Bonchev–Trinajstić information content (AvgIpc) is 2.47. The fourth-order valence-corrected chi connectivity index (χ4v) is 4.10. The lowest BCUT2D eigenvalue weighted by atomic mass is 9.88. The highest BCUT2D eigenvalue weighted by Gasteiger charge is 2.33. The van der Waals surface area contributed by atoms with Gasteiger partial charge >= 0.3 is 0 Å². The Hall–Kier alpha value is -1.51. The lowest BCUT2D eigenvalue weighted by Crippen LogP contribution is -2.45. The Kier molecular flexibility index (Phi) is 4.60. The van der Waals surface area contributed by atoms with Crippen LogP contribution in [0.5, 0.6) is 0 Å². The minimum absolute atomic E-state index is 0.0398. The van der Waals surface area contributed by atoms with Gasteiger partial charge < -0.3 is 5.73 Å². The lowest BCUT2D eigenvalue weighted by Gasteiger charge is -2.35. The largest absolute Gasteiger partial charge is 0.330 e. The number of sulfonamides is 1. The average molecular weight is 313 g/mol. The summed E-state index contributed by atoms with van der Waals surface area (Å²) in [5, 5.41) is 10.8. The number of nitro benzene ring substituents is 1. The van der Waals surface area contributed by atoms with Crippen LogP contribution in [0.15, 0.2) is 29.2 Å². The van der Waals surface area contributed by atoms with Gasteiger partial charge in [-0.15, -0.1) is 0 Å². The number of nitrogens with zero attached hydrogens (tertiary/aromatic N) is 2. The van der Waals surface area contributed by atoms with Crippen molar-refractivity contribution in [1.29, 1.82) is 0 Å². The third-order valence-electron chi connectivity index (χ3n) is 4.05. The van der Waals surface area contributed by atoms with Gasteiger partial charge in [-0.2, -0.15) is 4.31 Å². The Bertz CT molecular complexity index is 632. The highest BCUT2D eigenvalue weighted by atomic mass is 32.2. The first-order chi connectivity index (χ1) is 9.86. The molecule has 8 heteroatoms. The van der Waals surface area contributed by atoms with Crippen LogP contribution in [0.3, 0.4) is 0 Å². The second-order valence-electron chi connectivity index (χ2n) is 5.38. The number of hydrogen-bond donors (Lipinski definition) is 1. The third kappa shape index (κ3) is 3.22. The van der Waals surface area contributed by atoms with Crippen molar-refractivity contribution < 1.29 is 13.3 Å². The van der Waals surface area contributed by atoms with E-state index in [1.165, 1.54) is 22.5 Å². The Balaban J connectivity index is 2.30. The van der Waals surface area contributed by atoms with E-state index < -0.39 is 14.9 Å². The zero-order valence-electron chi connectivity index (χ0n) is 11.8. The summed E-state index contributed by atoms with van der Waals surface area (Å²) in [6.45, 7) is 3.28. The minimum Gasteiger partial charge on any atom is -0.330 e. The normalized spacial score (nSPS) is 23.9. The van der Waals surface area contributed by atoms with Gasteiger partial charge in [0.25, 0.3) is 5.69 Å². The molecule has 1 aliphatic heterocycles. The van der Waals surface area contributed by atoms with Gasteiger partial charge in [-0.05, 0) is 30.9 Å². The SMILES string of the molecule is CC1CCN(S(=O)(=O)c2cccc([N+](=O)[O-])c2)CC1CN. The van der Waals surface area contributed by atoms with Gasteiger partial charge in [-0.1, -0.05) is 13.0 Å². The van der Waals surface area contributed by atoms with E-state index in [0.717, 1.165) is 12.5 Å². The molecule has 21 heavy (non-hydrogen) atoms. The van der Waals surface area contributed by atoms with Gasteiger partial charge in [-0.3, -0.25) is 10.1 Å². The first-order valence-corrected chi connectivity index (χ1v) is 8.25. The van der Waals surface area contributed by atoms with E-state index in [1.54, 1.807) is 0 Å². The molecular weight excluding hydrogens is 294 g/mol. The van der Waals surface area contributed by atoms with Crippen molar-refractivity contribution in [3.63, 3.8) is 0 Å². The molecule has 0 spiro atoms. The minimum atomic E-state index is -3.71. The van der Waals surface area contributed by atoms with Crippen molar-refractivity contribution in [1.82, 2.24) is 4.31 Å². The molecule has 2 unspecified atom stereocenters. The van der Waals surface area contributed by atoms with E-state index >= 15 is 0 Å². The molecule has 0 amide bonds. The van der Waals surface area contributed by atoms with Crippen molar-refractivity contribution in [2.24, 2.45) is 17.6 Å². The smallest absolute Gasteiger partial charge is 0.270 e. The van der Waals surface area contributed by atoms with Gasteiger partial charge in [0.15, 0.2) is 0 Å². The maximum absolute atomic E-state index is 12.6. The first-order valence-electron chi connectivity index (χ1n) is 6.81. The fraction of sp³-hybridized carbons (Fsp3) is 0.538. The second-order valence-corrected chi connectivity index (χ2v) is 7.32. The van der Waals surface area contributed by atoms with Crippen LogP contribution in [-0.4, -0.2) is 37.3 Å². The first kappa shape index (κ1) is 15.9. The topological polar surface area (TPSA) is 107 Å². The van der Waals surface area contributed by atoms with Crippen LogP contribution in [0.4, 0.5) is 5.69 Å². The zero-order chi connectivity index (χ0) is 15.6. The van der Waals surface area contributed by atoms with E-state index in [1.807, 2.05) is 0 Å². The summed E-state index contributed by atoms with van der Waals surface area (Å²) < 4.78 is 26.6. The Morgan fingerprint density at radius 3 is 2.81 bits per heavy atom. The van der Waals surface area contributed by atoms with Gasteiger partial charge in [0, 0.05) is 25.2 Å². The molecule has 2 atom stereocenters. The zero-order valence-corrected chi connectivity index (χ0v) is 12.6. The van der Waals surface area contributed by atoms with E-state index in [4.69, 9.17) is 5.73 Å². The number of nitro groups is 1. The Morgan fingerprint density at radius 1 is 1.48 bits per heavy atom.